The first-order valence-corrected chi connectivity index (χ1v) is 5.41. The molecule has 0 heterocycles. The molecule has 0 saturated heterocycles. The maximum absolute atomic E-state index is 11.9. The molecule has 1 aromatic rings. The molecule has 1 aromatic carbocycles. The van der Waals surface area contributed by atoms with E-state index in [-0.39, 0.29) is 11.9 Å². The van der Waals surface area contributed by atoms with Crippen LogP contribution in [0, 0.1) is 13.8 Å². The molecule has 0 unspecified atom stereocenters. The van der Waals surface area contributed by atoms with Crippen LogP contribution in [-0.2, 0) is 4.74 Å². The van der Waals surface area contributed by atoms with Gasteiger partial charge in [0.05, 0.1) is 6.61 Å². The number of nitrogens with one attached hydrogen (secondary N) is 1. The topological polar surface area (TPSA) is 38.3 Å². The van der Waals surface area contributed by atoms with Crippen molar-refractivity contribution in [2.45, 2.75) is 26.8 Å². The van der Waals surface area contributed by atoms with E-state index in [4.69, 9.17) is 4.74 Å². The van der Waals surface area contributed by atoms with Crippen molar-refractivity contribution >= 4 is 5.91 Å². The lowest BCUT2D eigenvalue weighted by molar-refractivity contribution is 0.0905. The molecule has 0 bridgehead atoms. The molecular weight excluding hydrogens is 202 g/mol. The van der Waals surface area contributed by atoms with Crippen LogP contribution in [0.25, 0.3) is 0 Å². The number of benzene rings is 1. The van der Waals surface area contributed by atoms with E-state index in [1.807, 2.05) is 39.0 Å². The highest BCUT2D eigenvalue weighted by molar-refractivity contribution is 5.95. The van der Waals surface area contributed by atoms with Crippen LogP contribution in [0.1, 0.15) is 28.4 Å². The van der Waals surface area contributed by atoms with E-state index in [1.165, 1.54) is 0 Å². The molecule has 1 rings (SSSR count). The minimum absolute atomic E-state index is 0.0254. The Morgan fingerprint density at radius 1 is 1.44 bits per heavy atom. The van der Waals surface area contributed by atoms with Gasteiger partial charge in [-0.15, -0.1) is 0 Å². The molecule has 16 heavy (non-hydrogen) atoms. The number of ether oxygens (including phenoxy) is 1. The first-order chi connectivity index (χ1) is 7.54. The predicted molar refractivity (Wildman–Crippen MR) is 64.7 cm³/mol. The molecule has 3 heteroatoms. The van der Waals surface area contributed by atoms with Gasteiger partial charge in [0, 0.05) is 18.7 Å². The molecule has 0 aliphatic rings. The van der Waals surface area contributed by atoms with Gasteiger partial charge in [-0.25, -0.2) is 0 Å². The summed E-state index contributed by atoms with van der Waals surface area (Å²) in [5, 5.41) is 2.90. The molecule has 0 aliphatic heterocycles. The standard InChI is InChI=1S/C13H19NO2/c1-9-5-6-10(2)12(7-9)13(15)14-11(3)8-16-4/h5-7,11H,8H2,1-4H3,(H,14,15)/t11-/m0/s1. The second-order valence-corrected chi connectivity index (χ2v) is 4.15. The molecule has 1 amide bonds. The van der Waals surface area contributed by atoms with Crippen LogP contribution in [0.2, 0.25) is 0 Å². The summed E-state index contributed by atoms with van der Waals surface area (Å²) in [5.41, 5.74) is 2.82. The number of methoxy groups -OCH3 is 1. The van der Waals surface area contributed by atoms with Crippen LogP contribution in [0.4, 0.5) is 0 Å². The van der Waals surface area contributed by atoms with Crippen molar-refractivity contribution in [3.8, 4) is 0 Å². The van der Waals surface area contributed by atoms with Gasteiger partial charge in [0.2, 0.25) is 0 Å². The van der Waals surface area contributed by atoms with E-state index in [9.17, 15) is 4.79 Å². The zero-order chi connectivity index (χ0) is 12.1. The predicted octanol–water partition coefficient (Wildman–Crippen LogP) is 2.07. The van der Waals surface area contributed by atoms with Gasteiger partial charge >= 0.3 is 0 Å². The quantitative estimate of drug-likeness (QED) is 0.845. The summed E-state index contributed by atoms with van der Waals surface area (Å²) < 4.78 is 4.98. The van der Waals surface area contributed by atoms with Gasteiger partial charge in [-0.2, -0.15) is 0 Å². The van der Waals surface area contributed by atoms with Gasteiger partial charge < -0.3 is 10.1 Å². The largest absolute Gasteiger partial charge is 0.383 e. The highest BCUT2D eigenvalue weighted by Gasteiger charge is 2.11. The highest BCUT2D eigenvalue weighted by Crippen LogP contribution is 2.10. The Bertz CT molecular complexity index is 374. The summed E-state index contributed by atoms with van der Waals surface area (Å²) in [4.78, 5) is 11.9. The Labute approximate surface area is 96.8 Å². The van der Waals surface area contributed by atoms with Crippen molar-refractivity contribution in [3.63, 3.8) is 0 Å². The second-order valence-electron chi connectivity index (χ2n) is 4.15. The molecule has 1 atom stereocenters. The van der Waals surface area contributed by atoms with E-state index in [0.717, 1.165) is 16.7 Å². The zero-order valence-corrected chi connectivity index (χ0v) is 10.3. The van der Waals surface area contributed by atoms with Crippen LogP contribution in [0.3, 0.4) is 0 Å². The van der Waals surface area contributed by atoms with Crippen molar-refractivity contribution in [1.29, 1.82) is 0 Å². The van der Waals surface area contributed by atoms with Gasteiger partial charge in [-0.05, 0) is 32.4 Å². The van der Waals surface area contributed by atoms with Crippen molar-refractivity contribution in [2.24, 2.45) is 0 Å². The van der Waals surface area contributed by atoms with Crippen LogP contribution < -0.4 is 5.32 Å². The highest BCUT2D eigenvalue weighted by atomic mass is 16.5. The first kappa shape index (κ1) is 12.7. The summed E-state index contributed by atoms with van der Waals surface area (Å²) in [6.07, 6.45) is 0. The second kappa shape index (κ2) is 5.66. The summed E-state index contributed by atoms with van der Waals surface area (Å²) >= 11 is 0. The van der Waals surface area contributed by atoms with Gasteiger partial charge in [0.1, 0.15) is 0 Å². The van der Waals surface area contributed by atoms with Crippen LogP contribution in [0.5, 0.6) is 0 Å². The molecule has 0 spiro atoms. The first-order valence-electron chi connectivity index (χ1n) is 5.41. The third-order valence-corrected chi connectivity index (χ3v) is 2.43. The van der Waals surface area contributed by atoms with E-state index in [1.54, 1.807) is 7.11 Å². The average Bonchev–Trinajstić information content (AvgIpc) is 2.21. The van der Waals surface area contributed by atoms with Gasteiger partial charge in [-0.3, -0.25) is 4.79 Å². The minimum atomic E-state index is -0.0363. The number of carbonyl (C=O) groups is 1. The summed E-state index contributed by atoms with van der Waals surface area (Å²) in [5.74, 6) is -0.0363. The van der Waals surface area contributed by atoms with E-state index < -0.39 is 0 Å². The molecule has 88 valence electrons. The summed E-state index contributed by atoms with van der Waals surface area (Å²) in [6, 6.07) is 5.90. The average molecular weight is 221 g/mol. The zero-order valence-electron chi connectivity index (χ0n) is 10.3. The Morgan fingerprint density at radius 3 is 2.75 bits per heavy atom. The minimum Gasteiger partial charge on any atom is -0.383 e. The third kappa shape index (κ3) is 3.35. The number of rotatable bonds is 4. The van der Waals surface area contributed by atoms with Crippen LogP contribution in [0.15, 0.2) is 18.2 Å². The van der Waals surface area contributed by atoms with Crippen molar-refractivity contribution in [2.75, 3.05) is 13.7 Å². The summed E-state index contributed by atoms with van der Waals surface area (Å²) in [6.45, 7) is 6.37. The Hall–Kier alpha value is -1.35. The van der Waals surface area contributed by atoms with E-state index >= 15 is 0 Å². The number of amides is 1. The normalized spacial score (nSPS) is 12.2. The Kier molecular flexibility index (Phi) is 4.50. The van der Waals surface area contributed by atoms with Crippen molar-refractivity contribution in [3.05, 3.63) is 34.9 Å². The fraction of sp³-hybridized carbons (Fsp3) is 0.462. The summed E-state index contributed by atoms with van der Waals surface area (Å²) in [7, 11) is 1.63. The lowest BCUT2D eigenvalue weighted by atomic mass is 10.0. The molecule has 3 nitrogen and oxygen atoms in total. The number of carbonyl (C=O) groups excluding carboxylic acids is 1. The Balaban J connectivity index is 2.76. The molecule has 0 fully saturated rings. The molecule has 1 N–H and O–H groups in total. The van der Waals surface area contributed by atoms with E-state index in [2.05, 4.69) is 5.32 Å². The van der Waals surface area contributed by atoms with Gasteiger partial charge in [0.25, 0.3) is 5.91 Å². The number of hydrogen-bond acceptors (Lipinski definition) is 2. The fourth-order valence-electron chi connectivity index (χ4n) is 1.57. The molecule has 0 radical (unpaired) electrons. The molecule has 0 aliphatic carbocycles. The monoisotopic (exact) mass is 221 g/mol. The van der Waals surface area contributed by atoms with Crippen molar-refractivity contribution in [1.82, 2.24) is 5.32 Å². The smallest absolute Gasteiger partial charge is 0.251 e. The molecule has 0 saturated carbocycles. The van der Waals surface area contributed by atoms with Crippen LogP contribution in [-0.4, -0.2) is 25.7 Å². The van der Waals surface area contributed by atoms with Gasteiger partial charge in [0.15, 0.2) is 0 Å². The number of hydrogen-bond donors (Lipinski definition) is 1. The third-order valence-electron chi connectivity index (χ3n) is 2.43. The fourth-order valence-corrected chi connectivity index (χ4v) is 1.57. The van der Waals surface area contributed by atoms with Gasteiger partial charge in [-0.1, -0.05) is 17.7 Å². The SMILES string of the molecule is COC[C@H](C)NC(=O)c1cc(C)ccc1C. The number of aryl methyl sites for hydroxylation is 2. The van der Waals surface area contributed by atoms with Crippen LogP contribution >= 0.6 is 0 Å². The maximum atomic E-state index is 11.9. The molecular formula is C13H19NO2. The van der Waals surface area contributed by atoms with Crippen molar-refractivity contribution < 1.29 is 9.53 Å². The maximum Gasteiger partial charge on any atom is 0.251 e. The Morgan fingerprint density at radius 2 is 2.12 bits per heavy atom. The molecule has 0 aromatic heterocycles. The van der Waals surface area contributed by atoms with E-state index in [0.29, 0.717) is 6.61 Å². The lowest BCUT2D eigenvalue weighted by Gasteiger charge is -2.14. The lowest BCUT2D eigenvalue weighted by Crippen LogP contribution is -2.35.